The van der Waals surface area contributed by atoms with Crippen LogP contribution in [0, 0.1) is 6.92 Å². The minimum absolute atomic E-state index is 0.242. The van der Waals surface area contributed by atoms with E-state index in [0.29, 0.717) is 16.9 Å². The predicted molar refractivity (Wildman–Crippen MR) is 101 cm³/mol. The van der Waals surface area contributed by atoms with Crippen LogP contribution in [0.15, 0.2) is 51.7 Å². The maximum Gasteiger partial charge on any atom is 0.374 e. The average Bonchev–Trinajstić information content (AvgIpc) is 2.71. The molecule has 0 aliphatic carbocycles. The number of carbonyl (C=O) groups excluding carboxylic acids is 2. The van der Waals surface area contributed by atoms with E-state index >= 15 is 0 Å². The smallest absolute Gasteiger partial charge is 0.374 e. The molecular weight excluding hydrogens is 364 g/mol. The van der Waals surface area contributed by atoms with Crippen molar-refractivity contribution in [3.8, 4) is 11.5 Å². The first-order valence-corrected chi connectivity index (χ1v) is 8.40. The number of aryl methyl sites for hydroxylation is 1. The molecule has 0 unspecified atom stereocenters. The molecule has 1 aromatic heterocycles. The van der Waals surface area contributed by atoms with Gasteiger partial charge < -0.3 is 18.6 Å². The van der Waals surface area contributed by atoms with Crippen LogP contribution in [-0.4, -0.2) is 32.6 Å². The van der Waals surface area contributed by atoms with Crippen LogP contribution in [0.2, 0.25) is 0 Å². The number of esters is 1. The van der Waals surface area contributed by atoms with E-state index in [9.17, 15) is 14.4 Å². The normalized spacial score (nSPS) is 10.5. The molecule has 3 rings (SSSR count). The number of benzene rings is 2. The van der Waals surface area contributed by atoms with Crippen molar-refractivity contribution in [2.24, 2.45) is 0 Å². The lowest BCUT2D eigenvalue weighted by molar-refractivity contribution is 0.0443. The molecule has 0 atom stereocenters. The molecule has 0 radical (unpaired) electrons. The molecule has 1 heterocycles. The molecule has 0 aliphatic rings. The molecule has 144 valence electrons. The summed E-state index contributed by atoms with van der Waals surface area (Å²) in [6, 6.07) is 10.8. The van der Waals surface area contributed by atoms with Gasteiger partial charge in [0.25, 0.3) is 0 Å². The lowest BCUT2D eigenvalue weighted by Gasteiger charge is -2.10. The van der Waals surface area contributed by atoms with Crippen molar-refractivity contribution in [2.45, 2.75) is 6.92 Å². The zero-order valence-corrected chi connectivity index (χ0v) is 15.6. The molecule has 0 amide bonds. The Morgan fingerprint density at radius 1 is 1.00 bits per heavy atom. The van der Waals surface area contributed by atoms with Crippen LogP contribution in [0.5, 0.6) is 11.5 Å². The van der Waals surface area contributed by atoms with Gasteiger partial charge in [0.1, 0.15) is 17.1 Å². The lowest BCUT2D eigenvalue weighted by Crippen LogP contribution is -2.16. The Labute approximate surface area is 160 Å². The highest BCUT2D eigenvalue weighted by Crippen LogP contribution is 2.25. The number of hydrogen-bond donors (Lipinski definition) is 0. The van der Waals surface area contributed by atoms with Crippen molar-refractivity contribution in [2.75, 3.05) is 20.8 Å². The van der Waals surface area contributed by atoms with Crippen LogP contribution in [0.1, 0.15) is 26.5 Å². The number of Topliss-reactive ketones (excluding diaryl/α,β-unsaturated/α-hetero) is 1. The van der Waals surface area contributed by atoms with Crippen LogP contribution >= 0.6 is 0 Å². The highest BCUT2D eigenvalue weighted by molar-refractivity contribution is 6.01. The summed E-state index contributed by atoms with van der Waals surface area (Å²) in [4.78, 5) is 36.8. The van der Waals surface area contributed by atoms with Gasteiger partial charge in [0.05, 0.1) is 25.2 Å². The SMILES string of the molecule is COc1ccc(C(=O)COC(=O)c2cc(=O)c3cc(C)ccc3o2)c(OC)c1. The molecule has 0 fully saturated rings. The lowest BCUT2D eigenvalue weighted by atomic mass is 10.1. The van der Waals surface area contributed by atoms with E-state index < -0.39 is 18.4 Å². The van der Waals surface area contributed by atoms with E-state index in [0.717, 1.165) is 11.6 Å². The molecule has 3 aromatic rings. The van der Waals surface area contributed by atoms with Crippen molar-refractivity contribution in [3.63, 3.8) is 0 Å². The minimum atomic E-state index is -0.902. The Morgan fingerprint density at radius 3 is 2.50 bits per heavy atom. The second-order valence-electron chi connectivity index (χ2n) is 6.04. The minimum Gasteiger partial charge on any atom is -0.497 e. The summed E-state index contributed by atoms with van der Waals surface area (Å²) in [6.07, 6.45) is 0. The van der Waals surface area contributed by atoms with Crippen LogP contribution in [0.4, 0.5) is 0 Å². The third kappa shape index (κ3) is 3.88. The summed E-state index contributed by atoms with van der Waals surface area (Å²) in [5.74, 6) is -0.811. The predicted octanol–water partition coefficient (Wildman–Crippen LogP) is 3.16. The van der Waals surface area contributed by atoms with E-state index in [1.54, 1.807) is 30.3 Å². The van der Waals surface area contributed by atoms with Crippen LogP contribution < -0.4 is 14.9 Å². The summed E-state index contributed by atoms with van der Waals surface area (Å²) in [5.41, 5.74) is 1.05. The molecule has 7 heteroatoms. The number of hydrogen-bond acceptors (Lipinski definition) is 7. The van der Waals surface area contributed by atoms with Crippen molar-refractivity contribution < 1.29 is 28.2 Å². The number of fused-ring (bicyclic) bond motifs is 1. The second kappa shape index (κ2) is 7.96. The Balaban J connectivity index is 1.77. The monoisotopic (exact) mass is 382 g/mol. The highest BCUT2D eigenvalue weighted by Gasteiger charge is 2.18. The van der Waals surface area contributed by atoms with Crippen LogP contribution in [0.3, 0.4) is 0 Å². The van der Waals surface area contributed by atoms with Gasteiger partial charge in [-0.05, 0) is 31.2 Å². The number of ketones is 1. The zero-order chi connectivity index (χ0) is 20.3. The maximum atomic E-state index is 12.4. The van der Waals surface area contributed by atoms with E-state index in [1.807, 2.05) is 6.92 Å². The molecule has 28 heavy (non-hydrogen) atoms. The van der Waals surface area contributed by atoms with Gasteiger partial charge in [-0.3, -0.25) is 9.59 Å². The first kappa shape index (κ1) is 19.2. The summed E-state index contributed by atoms with van der Waals surface area (Å²) >= 11 is 0. The topological polar surface area (TPSA) is 92.0 Å². The number of carbonyl (C=O) groups is 2. The van der Waals surface area contributed by atoms with E-state index in [-0.39, 0.29) is 22.3 Å². The van der Waals surface area contributed by atoms with Gasteiger partial charge >= 0.3 is 5.97 Å². The molecule has 0 saturated heterocycles. The fraction of sp³-hybridized carbons (Fsp3) is 0.190. The Kier molecular flexibility index (Phi) is 5.44. The summed E-state index contributed by atoms with van der Waals surface area (Å²) in [5, 5.41) is 0.371. The van der Waals surface area contributed by atoms with Gasteiger partial charge in [-0.25, -0.2) is 4.79 Å². The van der Waals surface area contributed by atoms with Gasteiger partial charge in [-0.1, -0.05) is 11.6 Å². The second-order valence-corrected chi connectivity index (χ2v) is 6.04. The van der Waals surface area contributed by atoms with Gasteiger partial charge in [-0.15, -0.1) is 0 Å². The van der Waals surface area contributed by atoms with Gasteiger partial charge in [0.2, 0.25) is 11.5 Å². The van der Waals surface area contributed by atoms with Crippen molar-refractivity contribution >= 4 is 22.7 Å². The molecule has 0 bridgehead atoms. The summed E-state index contributed by atoms with van der Waals surface area (Å²) in [6.45, 7) is 1.32. The number of methoxy groups -OCH3 is 2. The van der Waals surface area contributed by atoms with E-state index in [1.165, 1.54) is 20.3 Å². The standard InChI is InChI=1S/C21H18O7/c1-12-4-7-18-15(8-12)16(22)10-20(28-18)21(24)27-11-17(23)14-6-5-13(25-2)9-19(14)26-3/h4-10H,11H2,1-3H3. The molecule has 7 nitrogen and oxygen atoms in total. The molecule has 0 saturated carbocycles. The third-order valence-corrected chi connectivity index (χ3v) is 4.13. The molecular formula is C21H18O7. The molecule has 0 aliphatic heterocycles. The van der Waals surface area contributed by atoms with Crippen molar-refractivity contribution in [1.29, 1.82) is 0 Å². The van der Waals surface area contributed by atoms with Crippen LogP contribution in [0.25, 0.3) is 11.0 Å². The quantitative estimate of drug-likeness (QED) is 0.478. The first-order chi connectivity index (χ1) is 13.4. The fourth-order valence-electron chi connectivity index (χ4n) is 2.68. The number of rotatable bonds is 6. The van der Waals surface area contributed by atoms with Gasteiger partial charge in [0.15, 0.2) is 12.0 Å². The average molecular weight is 382 g/mol. The Hall–Kier alpha value is -3.61. The van der Waals surface area contributed by atoms with Gasteiger partial charge in [-0.2, -0.15) is 0 Å². The van der Waals surface area contributed by atoms with E-state index in [4.69, 9.17) is 18.6 Å². The largest absolute Gasteiger partial charge is 0.497 e. The molecule has 0 spiro atoms. The maximum absolute atomic E-state index is 12.4. The molecule has 0 N–H and O–H groups in total. The van der Waals surface area contributed by atoms with Crippen LogP contribution in [-0.2, 0) is 4.74 Å². The van der Waals surface area contributed by atoms with E-state index in [2.05, 4.69) is 0 Å². The first-order valence-electron chi connectivity index (χ1n) is 8.40. The zero-order valence-electron chi connectivity index (χ0n) is 15.6. The third-order valence-electron chi connectivity index (χ3n) is 4.13. The van der Waals surface area contributed by atoms with Crippen molar-refractivity contribution in [3.05, 3.63) is 69.6 Å². The fourth-order valence-corrected chi connectivity index (χ4v) is 2.68. The van der Waals surface area contributed by atoms with Gasteiger partial charge in [0, 0.05) is 12.1 Å². The highest BCUT2D eigenvalue weighted by atomic mass is 16.5. The Bertz CT molecular complexity index is 1110. The number of ether oxygens (including phenoxy) is 3. The Morgan fingerprint density at radius 2 is 1.79 bits per heavy atom. The summed E-state index contributed by atoms with van der Waals surface area (Å²) in [7, 11) is 2.92. The summed E-state index contributed by atoms with van der Waals surface area (Å²) < 4.78 is 20.7. The van der Waals surface area contributed by atoms with Crippen molar-refractivity contribution in [1.82, 2.24) is 0 Å². The molecule has 2 aromatic carbocycles.